The average molecular weight is 687 g/mol. The maximum atomic E-state index is 13.7. The van der Waals surface area contributed by atoms with E-state index in [1.807, 2.05) is 0 Å². The number of alkyl halides is 24. The van der Waals surface area contributed by atoms with Gasteiger partial charge in [0.2, 0.25) is 0 Å². The lowest BCUT2D eigenvalue weighted by Crippen LogP contribution is -2.69. The van der Waals surface area contributed by atoms with E-state index in [2.05, 4.69) is 0 Å². The van der Waals surface area contributed by atoms with E-state index in [-0.39, 0.29) is 7.05 Å². The molecule has 1 nitrogen and oxygen atoms in total. The van der Waals surface area contributed by atoms with Crippen molar-refractivity contribution < 1.29 is 105 Å². The number of hydrogen-bond donors (Lipinski definition) is 0. The second-order valence-corrected chi connectivity index (χ2v) is 8.51. The van der Waals surface area contributed by atoms with E-state index in [1.54, 1.807) is 0 Å². The molecule has 254 valence electrons. The van der Waals surface area contributed by atoms with Crippen LogP contribution < -0.4 is 0 Å². The molecule has 0 aromatic carbocycles. The molecule has 25 heteroatoms. The molecule has 0 unspecified atom stereocenters. The summed E-state index contributed by atoms with van der Waals surface area (Å²) in [5.41, 5.74) is 0. The molecule has 0 atom stereocenters. The SMILES string of the molecule is CN(CCC(F)(F)C(F)(F)C(F)(F)C(F)(F)C(F)(F)C(F)F)CCC(F)(F)C(F)(F)C(F)(F)C(F)(F)C(F)(F)C(F)F. The number of nitrogens with zero attached hydrogens (tertiary/aromatic N) is 1. The summed E-state index contributed by atoms with van der Waals surface area (Å²) < 4.78 is 314. The lowest BCUT2D eigenvalue weighted by molar-refractivity contribution is -0.413. The van der Waals surface area contributed by atoms with E-state index in [1.165, 1.54) is 0 Å². The van der Waals surface area contributed by atoms with Crippen molar-refractivity contribution >= 4 is 0 Å². The zero-order chi connectivity index (χ0) is 34.6. The Hall–Kier alpha value is -1.72. The first-order valence-electron chi connectivity index (χ1n) is 10.0. The summed E-state index contributed by atoms with van der Waals surface area (Å²) in [6, 6.07) is 0. The summed E-state index contributed by atoms with van der Waals surface area (Å²) in [5.74, 6) is -75.0. The van der Waals surface area contributed by atoms with E-state index < -0.39 is 103 Å². The molecule has 0 aliphatic heterocycles. The molecule has 0 heterocycles. The van der Waals surface area contributed by atoms with Gasteiger partial charge in [-0.15, -0.1) is 0 Å². The van der Waals surface area contributed by atoms with Crippen molar-refractivity contribution in [3.05, 3.63) is 0 Å². The van der Waals surface area contributed by atoms with Crippen LogP contribution in [-0.4, -0.2) is 97.1 Å². The van der Waals surface area contributed by atoms with Crippen molar-refractivity contribution in [1.82, 2.24) is 4.90 Å². The summed E-state index contributed by atoms with van der Waals surface area (Å²) in [5, 5.41) is 0. The van der Waals surface area contributed by atoms with Crippen LogP contribution >= 0.6 is 0 Å². The van der Waals surface area contributed by atoms with Crippen LogP contribution in [0.15, 0.2) is 0 Å². The van der Waals surface area contributed by atoms with Gasteiger partial charge in [0.1, 0.15) is 0 Å². The molecule has 0 aromatic rings. The third-order valence-corrected chi connectivity index (χ3v) is 5.50. The zero-order valence-electron chi connectivity index (χ0n) is 19.5. The van der Waals surface area contributed by atoms with Gasteiger partial charge in [-0.25, -0.2) is 17.6 Å². The van der Waals surface area contributed by atoms with Crippen molar-refractivity contribution in [3.63, 3.8) is 0 Å². The van der Waals surface area contributed by atoms with Gasteiger partial charge in [-0.2, -0.15) is 87.8 Å². The largest absolute Gasteiger partial charge is 0.384 e. The summed E-state index contributed by atoms with van der Waals surface area (Å²) in [4.78, 5) is -0.401. The normalized spacial score (nSPS) is 16.3. The van der Waals surface area contributed by atoms with Gasteiger partial charge < -0.3 is 4.90 Å². The van der Waals surface area contributed by atoms with Crippen LogP contribution in [0.4, 0.5) is 105 Å². The molecule has 0 saturated heterocycles. The van der Waals surface area contributed by atoms with Gasteiger partial charge in [-0.1, -0.05) is 0 Å². The monoisotopic (exact) mass is 687 g/mol. The Bertz CT molecular complexity index is 835. The molecular formula is C17H13F24N. The highest BCUT2D eigenvalue weighted by Crippen LogP contribution is 2.60. The van der Waals surface area contributed by atoms with E-state index in [9.17, 15) is 105 Å². The summed E-state index contributed by atoms with van der Waals surface area (Å²) in [7, 11) is 0.0951. The van der Waals surface area contributed by atoms with Gasteiger partial charge in [0.25, 0.3) is 0 Å². The second-order valence-electron chi connectivity index (χ2n) is 8.51. The molecule has 0 bridgehead atoms. The minimum absolute atomic E-state index is 0.0951. The summed E-state index contributed by atoms with van der Waals surface area (Å²) in [6.45, 7) is -4.26. The number of rotatable bonds is 16. The fourth-order valence-corrected chi connectivity index (χ4v) is 2.63. The van der Waals surface area contributed by atoms with Gasteiger partial charge in [-0.3, -0.25) is 0 Å². The Labute approximate surface area is 216 Å². The maximum Gasteiger partial charge on any atom is 0.384 e. The maximum absolute atomic E-state index is 13.7. The lowest BCUT2D eigenvalue weighted by atomic mass is 9.92. The minimum atomic E-state index is -7.98. The molecule has 0 aliphatic carbocycles. The second kappa shape index (κ2) is 11.3. The molecule has 0 aliphatic rings. The molecule has 0 rings (SSSR count). The molecule has 0 amide bonds. The van der Waals surface area contributed by atoms with E-state index in [0.717, 1.165) is 0 Å². The van der Waals surface area contributed by atoms with Gasteiger partial charge in [0, 0.05) is 25.9 Å². The Morgan fingerprint density at radius 2 is 0.595 bits per heavy atom. The fraction of sp³-hybridized carbons (Fsp3) is 1.00. The van der Waals surface area contributed by atoms with Gasteiger partial charge in [-0.05, 0) is 7.05 Å². The topological polar surface area (TPSA) is 3.24 Å². The zero-order valence-corrected chi connectivity index (χ0v) is 19.5. The predicted molar refractivity (Wildman–Crippen MR) is 88.2 cm³/mol. The van der Waals surface area contributed by atoms with Crippen LogP contribution in [0.5, 0.6) is 0 Å². The van der Waals surface area contributed by atoms with Crippen molar-refractivity contribution in [2.24, 2.45) is 0 Å². The van der Waals surface area contributed by atoms with Crippen LogP contribution in [0, 0.1) is 0 Å². The highest BCUT2D eigenvalue weighted by atomic mass is 19.4. The van der Waals surface area contributed by atoms with Crippen LogP contribution in [-0.2, 0) is 0 Å². The van der Waals surface area contributed by atoms with Crippen molar-refractivity contribution in [1.29, 1.82) is 0 Å². The molecule has 0 fully saturated rings. The predicted octanol–water partition coefficient (Wildman–Crippen LogP) is 8.58. The first-order chi connectivity index (χ1) is 18.0. The molecule has 0 aromatic heterocycles. The van der Waals surface area contributed by atoms with Crippen molar-refractivity contribution in [3.8, 4) is 0 Å². The molecule has 0 radical (unpaired) electrons. The van der Waals surface area contributed by atoms with Crippen LogP contribution in [0.3, 0.4) is 0 Å². The molecule has 42 heavy (non-hydrogen) atoms. The van der Waals surface area contributed by atoms with Crippen molar-refractivity contribution in [2.45, 2.75) is 84.9 Å². The van der Waals surface area contributed by atoms with Gasteiger partial charge in [0.15, 0.2) is 0 Å². The Kier molecular flexibility index (Phi) is 10.9. The molecule has 0 spiro atoms. The fourth-order valence-electron chi connectivity index (χ4n) is 2.63. The number of hydrogen-bond acceptors (Lipinski definition) is 1. The van der Waals surface area contributed by atoms with E-state index in [0.29, 0.717) is 0 Å². The van der Waals surface area contributed by atoms with Crippen LogP contribution in [0.2, 0.25) is 0 Å². The molecule has 0 N–H and O–H groups in total. The van der Waals surface area contributed by atoms with E-state index in [4.69, 9.17) is 0 Å². The van der Waals surface area contributed by atoms with Crippen LogP contribution in [0.25, 0.3) is 0 Å². The highest BCUT2D eigenvalue weighted by Gasteiger charge is 2.88. The Balaban J connectivity index is 5.88. The highest BCUT2D eigenvalue weighted by molar-refractivity contribution is 5.10. The minimum Gasteiger partial charge on any atom is -0.306 e. The quantitative estimate of drug-likeness (QED) is 0.147. The third-order valence-electron chi connectivity index (χ3n) is 5.50. The van der Waals surface area contributed by atoms with Crippen molar-refractivity contribution in [2.75, 3.05) is 20.1 Å². The standard InChI is InChI=1S/C17H13F24N/c1-42(4-2-8(22,23)12(30,31)16(38,39)14(34,35)10(26,27)6(18)19)5-3-9(24,25)13(32,33)17(40,41)15(36,37)11(28,29)7(20)21/h6-7H,2-5H2,1H3. The van der Waals surface area contributed by atoms with Gasteiger partial charge >= 0.3 is 72.1 Å². The Morgan fingerprint density at radius 3 is 0.786 bits per heavy atom. The van der Waals surface area contributed by atoms with E-state index >= 15 is 0 Å². The summed E-state index contributed by atoms with van der Waals surface area (Å²) in [6.07, 6.45) is -17.6. The van der Waals surface area contributed by atoms with Gasteiger partial charge in [0.05, 0.1) is 0 Å². The third kappa shape index (κ3) is 5.99. The first-order valence-corrected chi connectivity index (χ1v) is 10.0. The lowest BCUT2D eigenvalue weighted by Gasteiger charge is -2.40. The summed E-state index contributed by atoms with van der Waals surface area (Å²) >= 11 is 0. The molecule has 0 saturated carbocycles. The number of halogens is 24. The average Bonchev–Trinajstić information content (AvgIpc) is 2.80. The first kappa shape index (κ1) is 40.3. The van der Waals surface area contributed by atoms with Crippen LogP contribution in [0.1, 0.15) is 12.8 Å². The molecular weight excluding hydrogens is 674 g/mol. The smallest absolute Gasteiger partial charge is 0.306 e. The Morgan fingerprint density at radius 1 is 0.381 bits per heavy atom.